The molecule has 1 saturated heterocycles. The van der Waals surface area contributed by atoms with Gasteiger partial charge < -0.3 is 22.1 Å². The van der Waals surface area contributed by atoms with Crippen LogP contribution < -0.4 is 22.1 Å². The quantitative estimate of drug-likeness (QED) is 0.495. The zero-order valence-electron chi connectivity index (χ0n) is 12.5. The summed E-state index contributed by atoms with van der Waals surface area (Å²) in [6, 6.07) is 13.9. The molecular weight excluding hydrogens is 276 g/mol. The maximum Gasteiger partial charge on any atom is 0.197 e. The molecule has 1 heterocycles. The van der Waals surface area contributed by atoms with E-state index in [1.165, 1.54) is 0 Å². The summed E-state index contributed by atoms with van der Waals surface area (Å²) in [6.07, 6.45) is 0. The summed E-state index contributed by atoms with van der Waals surface area (Å²) in [7, 11) is 0. The van der Waals surface area contributed by atoms with Crippen molar-refractivity contribution < 1.29 is 4.79 Å². The molecule has 22 heavy (non-hydrogen) atoms. The number of carbonyl (C=O) groups excluding carboxylic acids is 1. The first kappa shape index (κ1) is 16.0. The van der Waals surface area contributed by atoms with Crippen LogP contribution in [0.25, 0.3) is 0 Å². The van der Waals surface area contributed by atoms with E-state index in [0.717, 1.165) is 26.2 Å². The Hall–Kier alpha value is -2.37. The molecule has 2 aromatic carbocycles. The minimum Gasteiger partial charge on any atom is -0.398 e. The molecule has 1 aliphatic rings. The number of piperazine rings is 1. The van der Waals surface area contributed by atoms with Gasteiger partial charge in [0.25, 0.3) is 0 Å². The predicted octanol–water partition coefficient (Wildman–Crippen LogP) is 1.26. The lowest BCUT2D eigenvalue weighted by molar-refractivity contribution is 0.104. The Kier molecular flexibility index (Phi) is 5.94. The Bertz CT molecular complexity index is 565. The van der Waals surface area contributed by atoms with Gasteiger partial charge in [-0.25, -0.2) is 0 Å². The fourth-order valence-corrected chi connectivity index (χ4v) is 2.16. The van der Waals surface area contributed by atoms with Crippen LogP contribution in [0.4, 0.5) is 11.4 Å². The largest absolute Gasteiger partial charge is 0.398 e. The number of hydrogen-bond acceptors (Lipinski definition) is 5. The molecule has 0 atom stereocenters. The highest BCUT2D eigenvalue weighted by Gasteiger charge is 2.13. The predicted molar refractivity (Wildman–Crippen MR) is 90.9 cm³/mol. The Labute approximate surface area is 130 Å². The van der Waals surface area contributed by atoms with Gasteiger partial charge in [-0.2, -0.15) is 0 Å². The molecule has 1 fully saturated rings. The molecule has 0 amide bonds. The van der Waals surface area contributed by atoms with Crippen LogP contribution >= 0.6 is 0 Å². The van der Waals surface area contributed by atoms with Crippen LogP contribution in [0.5, 0.6) is 0 Å². The first-order valence-electron chi connectivity index (χ1n) is 7.35. The van der Waals surface area contributed by atoms with Gasteiger partial charge in [-0.1, -0.05) is 24.3 Å². The second-order valence-electron chi connectivity index (χ2n) is 5.00. The average molecular weight is 298 g/mol. The van der Waals surface area contributed by atoms with Gasteiger partial charge in [-0.05, 0) is 24.3 Å². The van der Waals surface area contributed by atoms with Crippen molar-refractivity contribution in [2.75, 3.05) is 37.6 Å². The number of rotatable bonds is 2. The smallest absolute Gasteiger partial charge is 0.197 e. The lowest BCUT2D eigenvalue weighted by Crippen LogP contribution is -2.39. The number of hydrogen-bond donors (Lipinski definition) is 4. The van der Waals surface area contributed by atoms with Gasteiger partial charge >= 0.3 is 0 Å². The van der Waals surface area contributed by atoms with Gasteiger partial charge in [0.1, 0.15) is 0 Å². The van der Waals surface area contributed by atoms with Crippen molar-refractivity contribution >= 4 is 17.2 Å². The summed E-state index contributed by atoms with van der Waals surface area (Å²) in [5.41, 5.74) is 13.4. The van der Waals surface area contributed by atoms with Gasteiger partial charge in [0.2, 0.25) is 0 Å². The Morgan fingerprint density at radius 3 is 1.41 bits per heavy atom. The topological polar surface area (TPSA) is 93.2 Å². The highest BCUT2D eigenvalue weighted by molar-refractivity contribution is 6.14. The lowest BCUT2D eigenvalue weighted by atomic mass is 10.0. The van der Waals surface area contributed by atoms with Crippen molar-refractivity contribution in [2.24, 2.45) is 0 Å². The number of benzene rings is 2. The second-order valence-corrected chi connectivity index (χ2v) is 5.00. The SMILES string of the molecule is C1CNCCN1.Nc1ccccc1C(=O)c1ccccc1N. The molecule has 0 bridgehead atoms. The van der Waals surface area contributed by atoms with Crippen LogP contribution in [0.1, 0.15) is 15.9 Å². The molecular formula is C17H22N4O. The molecule has 6 N–H and O–H groups in total. The number of nitrogens with two attached hydrogens (primary N) is 2. The van der Waals surface area contributed by atoms with Crippen LogP contribution in [0.15, 0.2) is 48.5 Å². The summed E-state index contributed by atoms with van der Waals surface area (Å²) < 4.78 is 0. The standard InChI is InChI=1S/C13H12N2O.C4H10N2/c14-11-7-3-1-5-9(11)13(16)10-6-2-4-8-12(10)15;1-2-6-4-3-5-1/h1-8H,14-15H2;5-6H,1-4H2. The number of nitrogen functional groups attached to an aromatic ring is 2. The summed E-state index contributed by atoms with van der Waals surface area (Å²) in [5.74, 6) is -0.142. The van der Waals surface area contributed by atoms with Gasteiger partial charge in [-0.15, -0.1) is 0 Å². The molecule has 1 aliphatic heterocycles. The van der Waals surface area contributed by atoms with E-state index in [4.69, 9.17) is 11.5 Å². The molecule has 5 nitrogen and oxygen atoms in total. The van der Waals surface area contributed by atoms with Crippen LogP contribution in [0, 0.1) is 0 Å². The fraction of sp³-hybridized carbons (Fsp3) is 0.235. The van der Waals surface area contributed by atoms with E-state index in [1.807, 2.05) is 0 Å². The first-order valence-corrected chi connectivity index (χ1v) is 7.35. The van der Waals surface area contributed by atoms with E-state index in [2.05, 4.69) is 10.6 Å². The van der Waals surface area contributed by atoms with E-state index in [1.54, 1.807) is 48.5 Å². The Balaban J connectivity index is 0.000000246. The maximum atomic E-state index is 12.1. The third-order valence-corrected chi connectivity index (χ3v) is 3.37. The fourth-order valence-electron chi connectivity index (χ4n) is 2.16. The zero-order valence-corrected chi connectivity index (χ0v) is 12.5. The molecule has 116 valence electrons. The van der Waals surface area contributed by atoms with E-state index in [0.29, 0.717) is 22.5 Å². The highest BCUT2D eigenvalue weighted by atomic mass is 16.1. The van der Waals surface area contributed by atoms with Crippen molar-refractivity contribution in [1.82, 2.24) is 10.6 Å². The molecule has 0 saturated carbocycles. The second kappa shape index (κ2) is 8.17. The third-order valence-electron chi connectivity index (χ3n) is 3.37. The Morgan fingerprint density at radius 2 is 1.09 bits per heavy atom. The minimum absolute atomic E-state index is 0.142. The number of carbonyl (C=O) groups is 1. The molecule has 0 aliphatic carbocycles. The van der Waals surface area contributed by atoms with Crippen molar-refractivity contribution in [3.8, 4) is 0 Å². The van der Waals surface area contributed by atoms with E-state index in [9.17, 15) is 4.79 Å². The molecule has 0 spiro atoms. The normalized spacial score (nSPS) is 13.8. The lowest BCUT2D eigenvalue weighted by Gasteiger charge is -2.11. The highest BCUT2D eigenvalue weighted by Crippen LogP contribution is 2.19. The zero-order chi connectivity index (χ0) is 15.8. The summed E-state index contributed by atoms with van der Waals surface area (Å²) >= 11 is 0. The van der Waals surface area contributed by atoms with Crippen LogP contribution in [0.3, 0.4) is 0 Å². The van der Waals surface area contributed by atoms with E-state index < -0.39 is 0 Å². The minimum atomic E-state index is -0.142. The number of nitrogens with one attached hydrogen (secondary N) is 2. The average Bonchev–Trinajstić information content (AvgIpc) is 2.57. The third kappa shape index (κ3) is 4.31. The van der Waals surface area contributed by atoms with Crippen LogP contribution in [-0.2, 0) is 0 Å². The summed E-state index contributed by atoms with van der Waals surface area (Å²) in [6.45, 7) is 4.56. The number of anilines is 2. The number of para-hydroxylation sites is 2. The van der Waals surface area contributed by atoms with Gasteiger partial charge in [-0.3, -0.25) is 4.79 Å². The molecule has 0 unspecified atom stereocenters. The first-order chi connectivity index (χ1) is 10.7. The van der Waals surface area contributed by atoms with Crippen molar-refractivity contribution in [3.63, 3.8) is 0 Å². The molecule has 0 aromatic heterocycles. The Morgan fingerprint density at radius 1 is 0.727 bits per heavy atom. The molecule has 0 radical (unpaired) electrons. The summed E-state index contributed by atoms with van der Waals surface area (Å²) in [5, 5.41) is 6.44. The van der Waals surface area contributed by atoms with Crippen molar-refractivity contribution in [1.29, 1.82) is 0 Å². The van der Waals surface area contributed by atoms with Crippen molar-refractivity contribution in [3.05, 3.63) is 59.7 Å². The molecule has 3 rings (SSSR count). The molecule has 2 aromatic rings. The van der Waals surface area contributed by atoms with Gasteiger partial charge in [0.05, 0.1) is 0 Å². The number of ketones is 1. The van der Waals surface area contributed by atoms with E-state index in [-0.39, 0.29) is 5.78 Å². The van der Waals surface area contributed by atoms with Crippen molar-refractivity contribution in [2.45, 2.75) is 0 Å². The van der Waals surface area contributed by atoms with Crippen LogP contribution in [-0.4, -0.2) is 32.0 Å². The van der Waals surface area contributed by atoms with Crippen LogP contribution in [0.2, 0.25) is 0 Å². The monoisotopic (exact) mass is 298 g/mol. The summed E-state index contributed by atoms with van der Waals surface area (Å²) in [4.78, 5) is 12.1. The maximum absolute atomic E-state index is 12.1. The van der Waals surface area contributed by atoms with Gasteiger partial charge in [0.15, 0.2) is 5.78 Å². The molecule has 5 heteroatoms. The van der Waals surface area contributed by atoms with E-state index >= 15 is 0 Å². The van der Waals surface area contributed by atoms with Gasteiger partial charge in [0, 0.05) is 48.7 Å².